The van der Waals surface area contributed by atoms with Crippen LogP contribution < -0.4 is 10.1 Å². The normalized spacial score (nSPS) is 10.5. The van der Waals surface area contributed by atoms with E-state index in [1.54, 1.807) is 25.1 Å². The lowest BCUT2D eigenvalue weighted by Crippen LogP contribution is -2.08. The molecule has 0 saturated carbocycles. The SMILES string of the molecule is CCCNc1cc(C)nc(COc2cccc(C)c2F)n1. The van der Waals surface area contributed by atoms with Crippen molar-refractivity contribution >= 4 is 5.82 Å². The number of aromatic nitrogens is 2. The Morgan fingerprint density at radius 3 is 2.81 bits per heavy atom. The molecule has 0 unspecified atom stereocenters. The van der Waals surface area contributed by atoms with Gasteiger partial charge in [-0.1, -0.05) is 19.1 Å². The first kappa shape index (κ1) is 15.2. The number of hydrogen-bond donors (Lipinski definition) is 1. The van der Waals surface area contributed by atoms with Gasteiger partial charge in [-0.15, -0.1) is 0 Å². The Kier molecular flexibility index (Phi) is 5.09. The predicted molar refractivity (Wildman–Crippen MR) is 81.0 cm³/mol. The maximum absolute atomic E-state index is 13.9. The minimum absolute atomic E-state index is 0.142. The molecule has 2 rings (SSSR count). The van der Waals surface area contributed by atoms with Crippen molar-refractivity contribution in [3.05, 3.63) is 47.2 Å². The number of rotatable bonds is 6. The molecule has 0 aliphatic carbocycles. The average Bonchev–Trinajstić information content (AvgIpc) is 2.46. The molecule has 4 nitrogen and oxygen atoms in total. The van der Waals surface area contributed by atoms with E-state index in [2.05, 4.69) is 22.2 Å². The highest BCUT2D eigenvalue weighted by molar-refractivity contribution is 5.35. The van der Waals surface area contributed by atoms with Gasteiger partial charge in [0, 0.05) is 18.3 Å². The van der Waals surface area contributed by atoms with Crippen molar-refractivity contribution < 1.29 is 9.13 Å². The van der Waals surface area contributed by atoms with Crippen LogP contribution in [0.5, 0.6) is 5.75 Å². The Balaban J connectivity index is 2.09. The highest BCUT2D eigenvalue weighted by Gasteiger charge is 2.08. The fourth-order valence-corrected chi connectivity index (χ4v) is 1.91. The van der Waals surface area contributed by atoms with Crippen LogP contribution in [-0.4, -0.2) is 16.5 Å². The molecule has 112 valence electrons. The van der Waals surface area contributed by atoms with Crippen molar-refractivity contribution in [1.82, 2.24) is 9.97 Å². The molecular formula is C16H20FN3O. The Morgan fingerprint density at radius 2 is 2.05 bits per heavy atom. The quantitative estimate of drug-likeness (QED) is 0.882. The molecule has 0 radical (unpaired) electrons. The third-order valence-corrected chi connectivity index (χ3v) is 2.97. The summed E-state index contributed by atoms with van der Waals surface area (Å²) in [4.78, 5) is 8.68. The predicted octanol–water partition coefficient (Wildman–Crippen LogP) is 3.63. The topological polar surface area (TPSA) is 47.0 Å². The van der Waals surface area contributed by atoms with Gasteiger partial charge in [0.25, 0.3) is 0 Å². The molecule has 1 heterocycles. The van der Waals surface area contributed by atoms with Crippen LogP contribution >= 0.6 is 0 Å². The van der Waals surface area contributed by atoms with Crippen molar-refractivity contribution in [2.75, 3.05) is 11.9 Å². The number of anilines is 1. The summed E-state index contributed by atoms with van der Waals surface area (Å²) in [6, 6.07) is 6.96. The van der Waals surface area contributed by atoms with Gasteiger partial charge >= 0.3 is 0 Å². The summed E-state index contributed by atoms with van der Waals surface area (Å²) in [5.41, 5.74) is 1.41. The Hall–Kier alpha value is -2.17. The summed E-state index contributed by atoms with van der Waals surface area (Å²) < 4.78 is 19.3. The van der Waals surface area contributed by atoms with Crippen LogP contribution in [0, 0.1) is 19.7 Å². The zero-order chi connectivity index (χ0) is 15.2. The summed E-state index contributed by atoms with van der Waals surface area (Å²) in [6.45, 7) is 6.69. The number of hydrogen-bond acceptors (Lipinski definition) is 4. The molecule has 0 spiro atoms. The summed E-state index contributed by atoms with van der Waals surface area (Å²) in [5.74, 6) is 1.19. The molecule has 5 heteroatoms. The van der Waals surface area contributed by atoms with E-state index in [4.69, 9.17) is 4.74 Å². The number of halogens is 1. The van der Waals surface area contributed by atoms with Gasteiger partial charge in [-0.25, -0.2) is 14.4 Å². The average molecular weight is 289 g/mol. The highest BCUT2D eigenvalue weighted by Crippen LogP contribution is 2.20. The number of benzene rings is 1. The van der Waals surface area contributed by atoms with Crippen molar-refractivity contribution in [3.8, 4) is 5.75 Å². The van der Waals surface area contributed by atoms with E-state index in [1.807, 2.05) is 13.0 Å². The third-order valence-electron chi connectivity index (χ3n) is 2.97. The van der Waals surface area contributed by atoms with Gasteiger partial charge in [0.1, 0.15) is 12.4 Å². The fraction of sp³-hybridized carbons (Fsp3) is 0.375. The minimum Gasteiger partial charge on any atom is -0.483 e. The fourth-order valence-electron chi connectivity index (χ4n) is 1.91. The molecule has 0 aliphatic heterocycles. The van der Waals surface area contributed by atoms with Gasteiger partial charge in [-0.05, 0) is 31.9 Å². The van der Waals surface area contributed by atoms with Crippen molar-refractivity contribution in [2.24, 2.45) is 0 Å². The molecule has 0 atom stereocenters. The summed E-state index contributed by atoms with van der Waals surface area (Å²) in [7, 11) is 0. The van der Waals surface area contributed by atoms with E-state index in [0.29, 0.717) is 11.4 Å². The maximum Gasteiger partial charge on any atom is 0.168 e. The van der Waals surface area contributed by atoms with Crippen LogP contribution in [0.15, 0.2) is 24.3 Å². The summed E-state index contributed by atoms with van der Waals surface area (Å²) >= 11 is 0. The molecule has 2 aromatic rings. The van der Waals surface area contributed by atoms with Crippen LogP contribution in [0.2, 0.25) is 0 Å². The van der Waals surface area contributed by atoms with Crippen molar-refractivity contribution in [2.45, 2.75) is 33.8 Å². The Morgan fingerprint density at radius 1 is 1.24 bits per heavy atom. The van der Waals surface area contributed by atoms with Crippen LogP contribution in [-0.2, 0) is 6.61 Å². The van der Waals surface area contributed by atoms with E-state index >= 15 is 0 Å². The lowest BCUT2D eigenvalue weighted by Gasteiger charge is -2.10. The molecule has 0 aliphatic rings. The second kappa shape index (κ2) is 7.02. The Labute approximate surface area is 124 Å². The lowest BCUT2D eigenvalue weighted by atomic mass is 10.2. The minimum atomic E-state index is -0.338. The molecule has 0 fully saturated rings. The van der Waals surface area contributed by atoms with Gasteiger partial charge in [0.05, 0.1) is 0 Å². The second-order valence-electron chi connectivity index (χ2n) is 4.91. The molecule has 1 aromatic heterocycles. The number of aryl methyl sites for hydroxylation is 2. The largest absolute Gasteiger partial charge is 0.483 e. The molecular weight excluding hydrogens is 269 g/mol. The van der Waals surface area contributed by atoms with Crippen LogP contribution in [0.4, 0.5) is 10.2 Å². The maximum atomic E-state index is 13.9. The third kappa shape index (κ3) is 4.15. The van der Waals surface area contributed by atoms with Crippen molar-refractivity contribution in [1.29, 1.82) is 0 Å². The number of nitrogens with one attached hydrogen (secondary N) is 1. The van der Waals surface area contributed by atoms with E-state index in [-0.39, 0.29) is 18.2 Å². The first-order valence-corrected chi connectivity index (χ1v) is 7.06. The van der Waals surface area contributed by atoms with E-state index < -0.39 is 0 Å². The van der Waals surface area contributed by atoms with Crippen LogP contribution in [0.3, 0.4) is 0 Å². The van der Waals surface area contributed by atoms with Gasteiger partial charge in [0.15, 0.2) is 17.4 Å². The zero-order valence-corrected chi connectivity index (χ0v) is 12.6. The standard InChI is InChI=1S/C16H20FN3O/c1-4-8-18-14-9-12(3)19-15(20-14)10-21-13-7-5-6-11(2)16(13)17/h5-7,9H,4,8,10H2,1-3H3,(H,18,19,20). The molecule has 1 N–H and O–H groups in total. The van der Waals surface area contributed by atoms with Gasteiger partial charge in [-0.2, -0.15) is 0 Å². The molecule has 0 saturated heterocycles. The van der Waals surface area contributed by atoms with Crippen molar-refractivity contribution in [3.63, 3.8) is 0 Å². The Bertz CT molecular complexity index is 616. The summed E-state index contributed by atoms with van der Waals surface area (Å²) in [6.07, 6.45) is 1.02. The first-order chi connectivity index (χ1) is 10.1. The lowest BCUT2D eigenvalue weighted by molar-refractivity contribution is 0.280. The number of nitrogens with zero attached hydrogens (tertiary/aromatic N) is 2. The summed E-state index contributed by atoms with van der Waals surface area (Å²) in [5, 5.41) is 3.21. The van der Waals surface area contributed by atoms with Gasteiger partial charge in [0.2, 0.25) is 0 Å². The van der Waals surface area contributed by atoms with E-state index in [9.17, 15) is 4.39 Å². The number of ether oxygens (including phenoxy) is 1. The first-order valence-electron chi connectivity index (χ1n) is 7.06. The van der Waals surface area contributed by atoms with E-state index in [1.165, 1.54) is 0 Å². The van der Waals surface area contributed by atoms with E-state index in [0.717, 1.165) is 24.5 Å². The molecule has 0 amide bonds. The molecule has 21 heavy (non-hydrogen) atoms. The van der Waals surface area contributed by atoms with Gasteiger partial charge in [-0.3, -0.25) is 0 Å². The monoisotopic (exact) mass is 289 g/mol. The smallest absolute Gasteiger partial charge is 0.168 e. The van der Waals surface area contributed by atoms with Crippen LogP contribution in [0.25, 0.3) is 0 Å². The molecule has 0 bridgehead atoms. The highest BCUT2D eigenvalue weighted by atomic mass is 19.1. The zero-order valence-electron chi connectivity index (χ0n) is 12.6. The molecule has 1 aromatic carbocycles. The second-order valence-corrected chi connectivity index (χ2v) is 4.91. The van der Waals surface area contributed by atoms with Gasteiger partial charge < -0.3 is 10.1 Å². The van der Waals surface area contributed by atoms with Crippen LogP contribution in [0.1, 0.15) is 30.4 Å².